The summed E-state index contributed by atoms with van der Waals surface area (Å²) in [5.74, 6) is 1.25. The first-order chi connectivity index (χ1) is 14.7. The van der Waals surface area contributed by atoms with Crippen molar-refractivity contribution in [2.24, 2.45) is 5.10 Å². The van der Waals surface area contributed by atoms with Gasteiger partial charge in [0.15, 0.2) is 0 Å². The second-order valence-corrected chi connectivity index (χ2v) is 7.19. The number of anilines is 4. The number of nitrogens with zero attached hydrogens (tertiary/aromatic N) is 5. The van der Waals surface area contributed by atoms with Gasteiger partial charge in [-0.15, -0.1) is 0 Å². The molecule has 1 fully saturated rings. The van der Waals surface area contributed by atoms with E-state index >= 15 is 0 Å². The Hall–Kier alpha value is -2.94. The molecule has 2 aromatic carbocycles. The molecule has 1 saturated heterocycles. The Kier molecular flexibility index (Phi) is 6.58. The minimum atomic E-state index is 0.296. The number of morpholine rings is 1. The van der Waals surface area contributed by atoms with E-state index in [2.05, 4.69) is 30.8 Å². The summed E-state index contributed by atoms with van der Waals surface area (Å²) in [6.45, 7) is 2.65. The molecule has 30 heavy (non-hydrogen) atoms. The summed E-state index contributed by atoms with van der Waals surface area (Å²) in [6.07, 6.45) is 1.53. The van der Waals surface area contributed by atoms with Crippen LogP contribution in [0.2, 0.25) is 10.0 Å². The first-order valence-corrected chi connectivity index (χ1v) is 10.1. The van der Waals surface area contributed by atoms with Gasteiger partial charge in [0.05, 0.1) is 29.5 Å². The van der Waals surface area contributed by atoms with Gasteiger partial charge in [0.25, 0.3) is 0 Å². The number of rotatable bonds is 6. The standard InChI is InChI=1S/C20H19Cl2N7O/c21-16-7-4-8-17(22)15(16)13-23-28-19-25-18(24-14-5-2-1-3-6-14)26-20(27-19)29-9-11-30-12-10-29/h1-8,13H,9-12H2,(H2,24,25,26,27,28). The molecular weight excluding hydrogens is 425 g/mol. The zero-order valence-corrected chi connectivity index (χ0v) is 17.4. The van der Waals surface area contributed by atoms with Crippen molar-refractivity contribution in [3.8, 4) is 0 Å². The van der Waals surface area contributed by atoms with E-state index in [1.165, 1.54) is 6.21 Å². The lowest BCUT2D eigenvalue weighted by atomic mass is 10.2. The summed E-state index contributed by atoms with van der Waals surface area (Å²) in [5, 5.41) is 8.40. The molecule has 1 aliphatic heterocycles. The van der Waals surface area contributed by atoms with Gasteiger partial charge in [-0.2, -0.15) is 20.1 Å². The van der Waals surface area contributed by atoms with Gasteiger partial charge in [-0.1, -0.05) is 47.5 Å². The fourth-order valence-electron chi connectivity index (χ4n) is 2.81. The predicted octanol–water partition coefficient (Wildman–Crippen LogP) is 4.20. The van der Waals surface area contributed by atoms with Gasteiger partial charge < -0.3 is 15.0 Å². The van der Waals surface area contributed by atoms with Crippen molar-refractivity contribution in [3.05, 3.63) is 64.1 Å². The topological polar surface area (TPSA) is 87.6 Å². The number of benzene rings is 2. The molecule has 3 aromatic rings. The van der Waals surface area contributed by atoms with E-state index in [0.717, 1.165) is 5.69 Å². The molecule has 0 saturated carbocycles. The minimum absolute atomic E-state index is 0.296. The van der Waals surface area contributed by atoms with E-state index in [4.69, 9.17) is 27.9 Å². The van der Waals surface area contributed by atoms with Crippen molar-refractivity contribution in [2.45, 2.75) is 0 Å². The molecule has 4 rings (SSSR count). The van der Waals surface area contributed by atoms with Crippen molar-refractivity contribution in [1.82, 2.24) is 15.0 Å². The number of hydrogen-bond donors (Lipinski definition) is 2. The van der Waals surface area contributed by atoms with Crippen LogP contribution in [0.25, 0.3) is 0 Å². The first kappa shape index (κ1) is 20.3. The lowest BCUT2D eigenvalue weighted by Crippen LogP contribution is -2.37. The fourth-order valence-corrected chi connectivity index (χ4v) is 3.31. The molecule has 0 bridgehead atoms. The van der Waals surface area contributed by atoms with Gasteiger partial charge in [0.2, 0.25) is 17.8 Å². The average Bonchev–Trinajstić information content (AvgIpc) is 2.77. The van der Waals surface area contributed by atoms with E-state index in [1.807, 2.05) is 35.2 Å². The van der Waals surface area contributed by atoms with Crippen LogP contribution in [0.4, 0.5) is 23.5 Å². The molecule has 1 aromatic heterocycles. The lowest BCUT2D eigenvalue weighted by molar-refractivity contribution is 0.122. The molecule has 0 atom stereocenters. The summed E-state index contributed by atoms with van der Waals surface area (Å²) < 4.78 is 5.42. The minimum Gasteiger partial charge on any atom is -0.378 e. The van der Waals surface area contributed by atoms with Gasteiger partial charge in [0.1, 0.15) is 0 Å². The van der Waals surface area contributed by atoms with Crippen LogP contribution in [0.3, 0.4) is 0 Å². The van der Waals surface area contributed by atoms with E-state index in [1.54, 1.807) is 18.2 Å². The second kappa shape index (κ2) is 9.71. The highest BCUT2D eigenvalue weighted by atomic mass is 35.5. The molecule has 8 nitrogen and oxygen atoms in total. The summed E-state index contributed by atoms with van der Waals surface area (Å²) in [6, 6.07) is 14.9. The predicted molar refractivity (Wildman–Crippen MR) is 120 cm³/mol. The normalized spacial score (nSPS) is 14.1. The molecule has 1 aliphatic rings. The molecule has 10 heteroatoms. The van der Waals surface area contributed by atoms with Gasteiger partial charge >= 0.3 is 0 Å². The Labute approximate surface area is 183 Å². The number of hydrogen-bond acceptors (Lipinski definition) is 8. The van der Waals surface area contributed by atoms with E-state index in [0.29, 0.717) is 59.8 Å². The van der Waals surface area contributed by atoms with Gasteiger partial charge in [0, 0.05) is 24.3 Å². The Bertz CT molecular complexity index is 1010. The largest absolute Gasteiger partial charge is 0.378 e. The zero-order valence-electron chi connectivity index (χ0n) is 15.9. The Balaban J connectivity index is 1.59. The van der Waals surface area contributed by atoms with E-state index < -0.39 is 0 Å². The number of aromatic nitrogens is 3. The molecule has 0 unspecified atom stereocenters. The summed E-state index contributed by atoms with van der Waals surface area (Å²) in [7, 11) is 0. The smallest absolute Gasteiger partial charge is 0.250 e. The van der Waals surface area contributed by atoms with E-state index in [-0.39, 0.29) is 0 Å². The van der Waals surface area contributed by atoms with Crippen LogP contribution in [0.5, 0.6) is 0 Å². The third-order valence-electron chi connectivity index (χ3n) is 4.31. The molecule has 0 aliphatic carbocycles. The van der Waals surface area contributed by atoms with Crippen LogP contribution in [-0.4, -0.2) is 47.5 Å². The van der Waals surface area contributed by atoms with Crippen molar-refractivity contribution in [2.75, 3.05) is 41.9 Å². The van der Waals surface area contributed by atoms with Gasteiger partial charge in [-0.25, -0.2) is 5.43 Å². The SMILES string of the molecule is Clc1cccc(Cl)c1C=NNc1nc(Nc2ccccc2)nc(N2CCOCC2)n1. The van der Waals surface area contributed by atoms with Crippen molar-refractivity contribution in [3.63, 3.8) is 0 Å². The van der Waals surface area contributed by atoms with Gasteiger partial charge in [-0.05, 0) is 24.3 Å². The fraction of sp³-hybridized carbons (Fsp3) is 0.200. The summed E-state index contributed by atoms with van der Waals surface area (Å²) in [5.41, 5.74) is 4.32. The highest BCUT2D eigenvalue weighted by Crippen LogP contribution is 2.22. The summed E-state index contributed by atoms with van der Waals surface area (Å²) >= 11 is 12.4. The Morgan fingerprint density at radius 2 is 1.60 bits per heavy atom. The maximum absolute atomic E-state index is 6.18. The third-order valence-corrected chi connectivity index (χ3v) is 4.96. The van der Waals surface area contributed by atoms with Crippen LogP contribution in [0.15, 0.2) is 53.6 Å². The van der Waals surface area contributed by atoms with Crippen LogP contribution in [-0.2, 0) is 4.74 Å². The molecule has 2 heterocycles. The highest BCUT2D eigenvalue weighted by molar-refractivity contribution is 6.38. The number of nitrogens with one attached hydrogen (secondary N) is 2. The lowest BCUT2D eigenvalue weighted by Gasteiger charge is -2.27. The highest BCUT2D eigenvalue weighted by Gasteiger charge is 2.16. The maximum atomic E-state index is 6.18. The Morgan fingerprint density at radius 1 is 0.900 bits per heavy atom. The molecular formula is C20H19Cl2N7O. The third kappa shape index (κ3) is 5.15. The van der Waals surface area contributed by atoms with Crippen LogP contribution in [0, 0.1) is 0 Å². The van der Waals surface area contributed by atoms with Crippen LogP contribution < -0.4 is 15.6 Å². The molecule has 0 radical (unpaired) electrons. The zero-order chi connectivity index (χ0) is 20.8. The van der Waals surface area contributed by atoms with E-state index in [9.17, 15) is 0 Å². The van der Waals surface area contributed by atoms with Crippen LogP contribution in [0.1, 0.15) is 5.56 Å². The molecule has 0 spiro atoms. The number of ether oxygens (including phenoxy) is 1. The van der Waals surface area contributed by atoms with Crippen molar-refractivity contribution in [1.29, 1.82) is 0 Å². The quantitative estimate of drug-likeness (QED) is 0.435. The van der Waals surface area contributed by atoms with Crippen molar-refractivity contribution < 1.29 is 4.74 Å². The molecule has 2 N–H and O–H groups in total. The van der Waals surface area contributed by atoms with Crippen molar-refractivity contribution >= 4 is 52.9 Å². The van der Waals surface area contributed by atoms with Gasteiger partial charge in [-0.3, -0.25) is 0 Å². The molecule has 154 valence electrons. The molecule has 0 amide bonds. The number of para-hydroxylation sites is 1. The first-order valence-electron chi connectivity index (χ1n) is 9.33. The summed E-state index contributed by atoms with van der Waals surface area (Å²) in [4.78, 5) is 15.5. The van der Waals surface area contributed by atoms with Crippen LogP contribution >= 0.6 is 23.2 Å². The Morgan fingerprint density at radius 3 is 2.33 bits per heavy atom. The maximum Gasteiger partial charge on any atom is 0.250 e. The monoisotopic (exact) mass is 443 g/mol. The number of halogens is 2. The average molecular weight is 444 g/mol. The second-order valence-electron chi connectivity index (χ2n) is 6.38. The number of hydrazone groups is 1.